The summed E-state index contributed by atoms with van der Waals surface area (Å²) in [5, 5.41) is 10.5. The first-order valence-electron chi connectivity index (χ1n) is 6.72. The van der Waals surface area contributed by atoms with Gasteiger partial charge >= 0.3 is 5.97 Å². The molecule has 2 aromatic rings. The van der Waals surface area contributed by atoms with Crippen LogP contribution in [0.4, 0.5) is 0 Å². The van der Waals surface area contributed by atoms with Gasteiger partial charge in [0.2, 0.25) is 0 Å². The minimum absolute atomic E-state index is 0.113. The van der Waals surface area contributed by atoms with Crippen molar-refractivity contribution in [3.05, 3.63) is 52.0 Å². The summed E-state index contributed by atoms with van der Waals surface area (Å²) in [7, 11) is 0. The van der Waals surface area contributed by atoms with Crippen LogP contribution in [0, 0.1) is 13.8 Å². The first kappa shape index (κ1) is 15.4. The maximum atomic E-state index is 12.2. The van der Waals surface area contributed by atoms with Crippen LogP contribution >= 0.6 is 11.6 Å². The SMILES string of the molecule is CCOC(=O)c1c(-c2ccccc2C)cc(C)c(Cl)c1O. The molecular weight excluding hydrogens is 288 g/mol. The van der Waals surface area contributed by atoms with Crippen LogP contribution in [0.5, 0.6) is 5.75 Å². The molecule has 2 rings (SSSR count). The Morgan fingerprint density at radius 1 is 1.19 bits per heavy atom. The summed E-state index contributed by atoms with van der Waals surface area (Å²) in [4.78, 5) is 12.2. The van der Waals surface area contributed by atoms with E-state index in [0.717, 1.165) is 11.1 Å². The van der Waals surface area contributed by atoms with Crippen molar-refractivity contribution in [2.75, 3.05) is 6.61 Å². The predicted octanol–water partition coefficient (Wildman–Crippen LogP) is 4.51. The maximum Gasteiger partial charge on any atom is 0.342 e. The summed E-state index contributed by atoms with van der Waals surface area (Å²) in [5.41, 5.74) is 3.33. The van der Waals surface area contributed by atoms with Gasteiger partial charge in [-0.3, -0.25) is 0 Å². The fourth-order valence-electron chi connectivity index (χ4n) is 2.27. The highest BCUT2D eigenvalue weighted by Crippen LogP contribution is 2.39. The molecule has 0 saturated carbocycles. The minimum Gasteiger partial charge on any atom is -0.505 e. The lowest BCUT2D eigenvalue weighted by Crippen LogP contribution is -2.08. The Kier molecular flexibility index (Phi) is 4.53. The number of hydrogen-bond donors (Lipinski definition) is 1. The Morgan fingerprint density at radius 3 is 2.48 bits per heavy atom. The van der Waals surface area contributed by atoms with Gasteiger partial charge in [0.15, 0.2) is 0 Å². The highest BCUT2D eigenvalue weighted by atomic mass is 35.5. The molecule has 0 heterocycles. The molecule has 0 aliphatic heterocycles. The maximum absolute atomic E-state index is 12.2. The summed E-state index contributed by atoms with van der Waals surface area (Å²) >= 11 is 6.07. The van der Waals surface area contributed by atoms with E-state index in [0.29, 0.717) is 11.1 Å². The monoisotopic (exact) mass is 304 g/mol. The van der Waals surface area contributed by atoms with E-state index in [9.17, 15) is 9.90 Å². The van der Waals surface area contributed by atoms with Gasteiger partial charge in [-0.15, -0.1) is 0 Å². The second-order valence-electron chi connectivity index (χ2n) is 4.81. The Bertz CT molecular complexity index is 693. The van der Waals surface area contributed by atoms with E-state index in [2.05, 4.69) is 0 Å². The minimum atomic E-state index is -0.574. The van der Waals surface area contributed by atoms with Crippen LogP contribution in [0.1, 0.15) is 28.4 Å². The zero-order valence-electron chi connectivity index (χ0n) is 12.2. The molecule has 1 N–H and O–H groups in total. The molecule has 0 fully saturated rings. The lowest BCUT2D eigenvalue weighted by atomic mass is 9.93. The van der Waals surface area contributed by atoms with Gasteiger partial charge < -0.3 is 9.84 Å². The lowest BCUT2D eigenvalue weighted by Gasteiger charge is -2.15. The zero-order valence-corrected chi connectivity index (χ0v) is 13.0. The summed E-state index contributed by atoms with van der Waals surface area (Å²) in [6, 6.07) is 9.46. The van der Waals surface area contributed by atoms with Gasteiger partial charge in [-0.05, 0) is 43.5 Å². The molecule has 0 aliphatic carbocycles. The van der Waals surface area contributed by atoms with Gasteiger partial charge in [0.1, 0.15) is 11.3 Å². The van der Waals surface area contributed by atoms with Crippen molar-refractivity contribution in [1.82, 2.24) is 0 Å². The number of halogens is 1. The van der Waals surface area contributed by atoms with Crippen molar-refractivity contribution in [2.24, 2.45) is 0 Å². The van der Waals surface area contributed by atoms with Crippen molar-refractivity contribution < 1.29 is 14.6 Å². The molecule has 0 radical (unpaired) electrons. The smallest absolute Gasteiger partial charge is 0.342 e. The van der Waals surface area contributed by atoms with Crippen molar-refractivity contribution in [3.63, 3.8) is 0 Å². The zero-order chi connectivity index (χ0) is 15.6. The highest BCUT2D eigenvalue weighted by molar-refractivity contribution is 6.33. The molecule has 110 valence electrons. The standard InChI is InChI=1S/C17H17ClO3/c1-4-21-17(20)14-13(9-11(3)15(18)16(14)19)12-8-6-5-7-10(12)2/h5-9,19H,4H2,1-3H3. The van der Waals surface area contributed by atoms with E-state index in [-0.39, 0.29) is 22.9 Å². The number of hydrogen-bond acceptors (Lipinski definition) is 3. The van der Waals surface area contributed by atoms with E-state index < -0.39 is 5.97 Å². The molecular formula is C17H17ClO3. The van der Waals surface area contributed by atoms with Crippen LogP contribution in [-0.2, 0) is 4.74 Å². The van der Waals surface area contributed by atoms with Gasteiger partial charge in [0, 0.05) is 5.56 Å². The predicted molar refractivity (Wildman–Crippen MR) is 84.0 cm³/mol. The summed E-state index contributed by atoms with van der Waals surface area (Å²) in [6.07, 6.45) is 0. The number of carbonyl (C=O) groups excluding carboxylic acids is 1. The Hall–Kier alpha value is -2.00. The average molecular weight is 305 g/mol. The van der Waals surface area contributed by atoms with Crippen LogP contribution in [0.15, 0.2) is 30.3 Å². The first-order chi connectivity index (χ1) is 9.97. The van der Waals surface area contributed by atoms with Gasteiger partial charge in [-0.2, -0.15) is 0 Å². The van der Waals surface area contributed by atoms with Crippen molar-refractivity contribution in [1.29, 1.82) is 0 Å². The number of esters is 1. The van der Waals surface area contributed by atoms with Crippen molar-refractivity contribution in [2.45, 2.75) is 20.8 Å². The normalized spacial score (nSPS) is 10.5. The third-order valence-corrected chi connectivity index (χ3v) is 3.81. The summed E-state index contributed by atoms with van der Waals surface area (Å²) in [5.74, 6) is -0.802. The fourth-order valence-corrected chi connectivity index (χ4v) is 2.42. The molecule has 0 amide bonds. The molecule has 0 aliphatic rings. The second-order valence-corrected chi connectivity index (χ2v) is 5.19. The number of phenols is 1. The molecule has 0 unspecified atom stereocenters. The lowest BCUT2D eigenvalue weighted by molar-refractivity contribution is 0.0524. The van der Waals surface area contributed by atoms with E-state index in [4.69, 9.17) is 16.3 Å². The van der Waals surface area contributed by atoms with Gasteiger partial charge in [0.05, 0.1) is 11.6 Å². The summed E-state index contributed by atoms with van der Waals surface area (Å²) < 4.78 is 5.05. The molecule has 3 nitrogen and oxygen atoms in total. The number of phenolic OH excluding ortho intramolecular Hbond substituents is 1. The highest BCUT2D eigenvalue weighted by Gasteiger charge is 2.23. The van der Waals surface area contributed by atoms with Gasteiger partial charge in [-0.25, -0.2) is 4.79 Å². The van der Waals surface area contributed by atoms with Crippen LogP contribution in [-0.4, -0.2) is 17.7 Å². The van der Waals surface area contributed by atoms with E-state index in [1.54, 1.807) is 19.9 Å². The Labute approximate surface area is 129 Å². The summed E-state index contributed by atoms with van der Waals surface area (Å²) in [6.45, 7) is 5.69. The Morgan fingerprint density at radius 2 is 1.86 bits per heavy atom. The van der Waals surface area contributed by atoms with Gasteiger partial charge in [0.25, 0.3) is 0 Å². The average Bonchev–Trinajstić information content (AvgIpc) is 2.45. The quantitative estimate of drug-likeness (QED) is 0.849. The van der Waals surface area contributed by atoms with E-state index in [1.807, 2.05) is 31.2 Å². The molecule has 0 aromatic heterocycles. The van der Waals surface area contributed by atoms with Crippen LogP contribution < -0.4 is 0 Å². The van der Waals surface area contributed by atoms with Crippen LogP contribution in [0.25, 0.3) is 11.1 Å². The van der Waals surface area contributed by atoms with Gasteiger partial charge in [-0.1, -0.05) is 35.9 Å². The number of aryl methyl sites for hydroxylation is 2. The molecule has 4 heteroatoms. The molecule has 0 bridgehead atoms. The van der Waals surface area contributed by atoms with Crippen molar-refractivity contribution >= 4 is 17.6 Å². The number of benzene rings is 2. The third-order valence-electron chi connectivity index (χ3n) is 3.34. The van der Waals surface area contributed by atoms with Crippen LogP contribution in [0.2, 0.25) is 5.02 Å². The topological polar surface area (TPSA) is 46.5 Å². The first-order valence-corrected chi connectivity index (χ1v) is 7.10. The van der Waals surface area contributed by atoms with Crippen molar-refractivity contribution in [3.8, 4) is 16.9 Å². The third kappa shape index (κ3) is 2.88. The van der Waals surface area contributed by atoms with Crippen LogP contribution in [0.3, 0.4) is 0 Å². The molecule has 0 atom stereocenters. The molecule has 0 saturated heterocycles. The fraction of sp³-hybridized carbons (Fsp3) is 0.235. The van der Waals surface area contributed by atoms with E-state index >= 15 is 0 Å². The number of rotatable bonds is 3. The van der Waals surface area contributed by atoms with E-state index in [1.165, 1.54) is 0 Å². The second kappa shape index (κ2) is 6.19. The number of aromatic hydroxyl groups is 1. The number of ether oxygens (including phenoxy) is 1. The largest absolute Gasteiger partial charge is 0.505 e. The molecule has 21 heavy (non-hydrogen) atoms. The number of carbonyl (C=O) groups is 1. The molecule has 2 aromatic carbocycles. The molecule has 0 spiro atoms. The Balaban J connectivity index is 2.76.